The molecule has 1 aliphatic heterocycles. The van der Waals surface area contributed by atoms with Crippen molar-refractivity contribution >= 4 is 28.4 Å². The number of likely N-dealkylation sites (tertiary alicyclic amines) is 1. The summed E-state index contributed by atoms with van der Waals surface area (Å²) in [6.45, 7) is 4.99. The van der Waals surface area contributed by atoms with Gasteiger partial charge in [0.05, 0.1) is 23.3 Å². The van der Waals surface area contributed by atoms with E-state index in [9.17, 15) is 4.79 Å². The van der Waals surface area contributed by atoms with E-state index in [0.717, 1.165) is 24.0 Å². The van der Waals surface area contributed by atoms with Crippen molar-refractivity contribution in [3.8, 4) is 0 Å². The molecule has 2 heterocycles. The maximum atomic E-state index is 12.3. The molecule has 1 saturated heterocycles. The number of halogens is 1. The molecule has 140 valence electrons. The van der Waals surface area contributed by atoms with Crippen LogP contribution in [0.5, 0.6) is 0 Å². The highest BCUT2D eigenvalue weighted by Gasteiger charge is 2.43. The van der Waals surface area contributed by atoms with Gasteiger partial charge >= 0.3 is 0 Å². The predicted octanol–water partition coefficient (Wildman–Crippen LogP) is 3.46. The molecule has 26 heavy (non-hydrogen) atoms. The lowest BCUT2D eigenvalue weighted by Gasteiger charge is -2.30. The number of piperidine rings is 1. The number of aromatic nitrogens is 2. The molecule has 1 N–H and O–H groups in total. The summed E-state index contributed by atoms with van der Waals surface area (Å²) >= 11 is 6.18. The van der Waals surface area contributed by atoms with E-state index < -0.39 is 0 Å². The molecule has 0 atom stereocenters. The van der Waals surface area contributed by atoms with Gasteiger partial charge in [-0.1, -0.05) is 24.1 Å². The van der Waals surface area contributed by atoms with E-state index in [-0.39, 0.29) is 5.91 Å². The molecule has 1 aromatic carbocycles. The summed E-state index contributed by atoms with van der Waals surface area (Å²) in [4.78, 5) is 14.9. The van der Waals surface area contributed by atoms with Gasteiger partial charge in [-0.2, -0.15) is 5.10 Å². The molecule has 1 aliphatic carbocycles. The average Bonchev–Trinajstić information content (AvgIpc) is 3.28. The minimum absolute atomic E-state index is 0.112. The third-order valence-corrected chi connectivity index (χ3v) is 6.14. The number of fused-ring (bicyclic) bond motifs is 1. The van der Waals surface area contributed by atoms with Crippen LogP contribution in [0.15, 0.2) is 24.4 Å². The first-order valence-corrected chi connectivity index (χ1v) is 10.1. The van der Waals surface area contributed by atoms with Gasteiger partial charge in [0, 0.05) is 30.3 Å². The molecule has 0 radical (unpaired) electrons. The number of amides is 1. The number of hydrogen-bond donors (Lipinski definition) is 1. The first kappa shape index (κ1) is 17.8. The summed E-state index contributed by atoms with van der Waals surface area (Å²) < 4.78 is 1.86. The molecule has 2 fully saturated rings. The van der Waals surface area contributed by atoms with Gasteiger partial charge in [0.15, 0.2) is 0 Å². The van der Waals surface area contributed by atoms with E-state index >= 15 is 0 Å². The number of carbonyl (C=O) groups excluding carboxylic acids is 1. The quantitative estimate of drug-likeness (QED) is 0.807. The van der Waals surface area contributed by atoms with Gasteiger partial charge in [-0.3, -0.25) is 9.48 Å². The van der Waals surface area contributed by atoms with Crippen molar-refractivity contribution < 1.29 is 4.79 Å². The van der Waals surface area contributed by atoms with Crippen LogP contribution in [-0.2, 0) is 11.3 Å². The Balaban J connectivity index is 1.26. The van der Waals surface area contributed by atoms with Crippen molar-refractivity contribution in [1.82, 2.24) is 20.0 Å². The fourth-order valence-electron chi connectivity index (χ4n) is 3.99. The van der Waals surface area contributed by atoms with Crippen molar-refractivity contribution in [2.24, 2.45) is 5.41 Å². The number of benzene rings is 1. The van der Waals surface area contributed by atoms with Gasteiger partial charge in [0.2, 0.25) is 5.91 Å². The minimum atomic E-state index is 0.112. The number of hydrogen-bond acceptors (Lipinski definition) is 3. The second-order valence-corrected chi connectivity index (χ2v) is 8.31. The lowest BCUT2D eigenvalue weighted by molar-refractivity contribution is -0.121. The minimum Gasteiger partial charge on any atom is -0.355 e. The highest BCUT2D eigenvalue weighted by Crippen LogP contribution is 2.46. The van der Waals surface area contributed by atoms with Crippen molar-refractivity contribution in [1.29, 1.82) is 0 Å². The first-order chi connectivity index (χ1) is 12.7. The van der Waals surface area contributed by atoms with Gasteiger partial charge in [-0.05, 0) is 50.9 Å². The number of nitrogens with zero attached hydrogens (tertiary/aromatic N) is 3. The van der Waals surface area contributed by atoms with E-state index in [1.54, 1.807) is 6.20 Å². The zero-order valence-corrected chi connectivity index (χ0v) is 16.0. The second-order valence-electron chi connectivity index (χ2n) is 7.90. The molecule has 2 aromatic rings. The first-order valence-electron chi connectivity index (χ1n) is 9.74. The van der Waals surface area contributed by atoms with Crippen LogP contribution in [0.2, 0.25) is 5.02 Å². The number of aryl methyl sites for hydroxylation is 1. The molecule has 0 bridgehead atoms. The smallest absolute Gasteiger partial charge is 0.221 e. The molecule has 0 spiro atoms. The summed E-state index contributed by atoms with van der Waals surface area (Å²) in [5.41, 5.74) is 1.31. The van der Waals surface area contributed by atoms with E-state index in [4.69, 9.17) is 11.6 Å². The van der Waals surface area contributed by atoms with Crippen molar-refractivity contribution in [3.05, 3.63) is 29.4 Å². The molecular formula is C20H27ClN4O. The summed E-state index contributed by atoms with van der Waals surface area (Å²) in [6.07, 6.45) is 8.72. The molecule has 5 nitrogen and oxygen atoms in total. The number of rotatable bonds is 7. The van der Waals surface area contributed by atoms with E-state index in [2.05, 4.69) is 15.3 Å². The zero-order chi connectivity index (χ0) is 18.0. The summed E-state index contributed by atoms with van der Waals surface area (Å²) in [7, 11) is 0. The number of carbonyl (C=O) groups is 1. The van der Waals surface area contributed by atoms with Gasteiger partial charge < -0.3 is 10.2 Å². The Morgan fingerprint density at radius 2 is 2.04 bits per heavy atom. The second kappa shape index (κ2) is 7.57. The third kappa shape index (κ3) is 4.04. The fourth-order valence-corrected chi connectivity index (χ4v) is 4.21. The summed E-state index contributed by atoms with van der Waals surface area (Å²) in [5, 5.41) is 9.17. The van der Waals surface area contributed by atoms with Crippen LogP contribution in [0, 0.1) is 5.41 Å². The molecular weight excluding hydrogens is 348 g/mol. The normalized spacial score (nSPS) is 19.6. The van der Waals surface area contributed by atoms with Gasteiger partial charge in [-0.25, -0.2) is 0 Å². The highest BCUT2D eigenvalue weighted by atomic mass is 35.5. The van der Waals surface area contributed by atoms with Crippen LogP contribution in [-0.4, -0.2) is 46.8 Å². The topological polar surface area (TPSA) is 50.2 Å². The Kier molecular flexibility index (Phi) is 5.18. The standard InChI is InChI=1S/C20H27ClN4O/c21-17-5-4-6-18-16(17)13-23-25(18)12-7-19(26)22-14-20(8-9-20)15-24-10-2-1-3-11-24/h4-6,13H,1-3,7-12,14-15H2,(H,22,26). The van der Waals surface area contributed by atoms with Crippen LogP contribution in [0.4, 0.5) is 0 Å². The van der Waals surface area contributed by atoms with Crippen LogP contribution < -0.4 is 5.32 Å². The molecule has 0 unspecified atom stereocenters. The van der Waals surface area contributed by atoms with Gasteiger partial charge in [0.25, 0.3) is 0 Å². The van der Waals surface area contributed by atoms with Crippen LogP contribution >= 0.6 is 11.6 Å². The van der Waals surface area contributed by atoms with E-state index in [0.29, 0.717) is 23.4 Å². The van der Waals surface area contributed by atoms with Crippen LogP contribution in [0.25, 0.3) is 10.9 Å². The van der Waals surface area contributed by atoms with Gasteiger partial charge in [-0.15, -0.1) is 0 Å². The lowest BCUT2D eigenvalue weighted by atomic mass is 10.0. The van der Waals surface area contributed by atoms with E-state index in [1.807, 2.05) is 22.9 Å². The third-order valence-electron chi connectivity index (χ3n) is 5.81. The van der Waals surface area contributed by atoms with E-state index in [1.165, 1.54) is 45.2 Å². The Bertz CT molecular complexity index is 777. The molecule has 2 aliphatic rings. The van der Waals surface area contributed by atoms with Crippen molar-refractivity contribution in [2.75, 3.05) is 26.2 Å². The maximum Gasteiger partial charge on any atom is 0.221 e. The Morgan fingerprint density at radius 1 is 1.23 bits per heavy atom. The summed E-state index contributed by atoms with van der Waals surface area (Å²) in [5.74, 6) is 0.112. The zero-order valence-electron chi connectivity index (χ0n) is 15.2. The largest absolute Gasteiger partial charge is 0.355 e. The summed E-state index contributed by atoms with van der Waals surface area (Å²) in [6, 6.07) is 5.77. The Hall–Kier alpha value is -1.59. The van der Waals surface area contributed by atoms with Crippen molar-refractivity contribution in [3.63, 3.8) is 0 Å². The Labute approximate surface area is 159 Å². The highest BCUT2D eigenvalue weighted by molar-refractivity contribution is 6.35. The van der Waals surface area contributed by atoms with Crippen LogP contribution in [0.1, 0.15) is 38.5 Å². The van der Waals surface area contributed by atoms with Crippen molar-refractivity contribution in [2.45, 2.75) is 45.1 Å². The molecule has 1 aromatic heterocycles. The number of nitrogens with one attached hydrogen (secondary N) is 1. The molecule has 1 amide bonds. The molecule has 6 heteroatoms. The Morgan fingerprint density at radius 3 is 2.81 bits per heavy atom. The van der Waals surface area contributed by atoms with Crippen LogP contribution in [0.3, 0.4) is 0 Å². The lowest BCUT2D eigenvalue weighted by Crippen LogP contribution is -2.40. The molecule has 1 saturated carbocycles. The fraction of sp³-hybridized carbons (Fsp3) is 0.600. The maximum absolute atomic E-state index is 12.3. The molecule has 4 rings (SSSR count). The predicted molar refractivity (Wildman–Crippen MR) is 104 cm³/mol. The average molecular weight is 375 g/mol. The monoisotopic (exact) mass is 374 g/mol. The SMILES string of the molecule is O=C(CCn1ncc2c(Cl)cccc21)NCC1(CN2CCCCC2)CC1. The van der Waals surface area contributed by atoms with Gasteiger partial charge in [0.1, 0.15) is 0 Å².